The van der Waals surface area contributed by atoms with E-state index in [9.17, 15) is 4.79 Å². The number of ether oxygens (including phenoxy) is 1. The lowest BCUT2D eigenvalue weighted by atomic mass is 9.95. The fraction of sp³-hybridized carbons (Fsp3) is 0.316. The molecule has 3 heteroatoms. The molecule has 1 heterocycles. The average Bonchev–Trinajstić information content (AvgIpc) is 2.47. The van der Waals surface area contributed by atoms with Gasteiger partial charge in [-0.1, -0.05) is 60.7 Å². The average molecular weight is 310 g/mol. The van der Waals surface area contributed by atoms with E-state index in [4.69, 9.17) is 4.74 Å². The third kappa shape index (κ3) is 2.86. The number of Topliss-reactive ketones (excluding diaryl/α,β-unsaturated/α-hetero) is 1. The van der Waals surface area contributed by atoms with Gasteiger partial charge in [0.2, 0.25) is 0 Å². The molecule has 1 aliphatic rings. The van der Waals surface area contributed by atoms with Crippen molar-refractivity contribution in [1.29, 1.82) is 0 Å². The maximum atomic E-state index is 12.4. The van der Waals surface area contributed by atoms with E-state index in [0.29, 0.717) is 12.2 Å². The number of carbonyl (C=O) groups is 1. The maximum Gasteiger partial charge on any atom is 0.170 e. The molecule has 1 aliphatic heterocycles. The molecule has 0 saturated carbocycles. The Hall–Kier alpha value is -1.87. The lowest BCUT2D eigenvalue weighted by molar-refractivity contribution is 0.0850. The van der Waals surface area contributed by atoms with Crippen molar-refractivity contribution in [3.05, 3.63) is 59.2 Å². The first-order valence-electron chi connectivity index (χ1n) is 7.75. The molecule has 22 heavy (non-hydrogen) atoms. The van der Waals surface area contributed by atoms with E-state index in [1.165, 1.54) is 5.19 Å². The Morgan fingerprint density at radius 3 is 2.36 bits per heavy atom. The van der Waals surface area contributed by atoms with Gasteiger partial charge in [-0.25, -0.2) is 0 Å². The van der Waals surface area contributed by atoms with Gasteiger partial charge in [0, 0.05) is 0 Å². The van der Waals surface area contributed by atoms with Crippen molar-refractivity contribution in [3.63, 3.8) is 0 Å². The monoisotopic (exact) mass is 310 g/mol. The molecule has 1 atom stereocenters. The molecule has 1 unspecified atom stereocenters. The lowest BCUT2D eigenvalue weighted by Gasteiger charge is -2.26. The summed E-state index contributed by atoms with van der Waals surface area (Å²) in [5.41, 5.74) is 2.89. The first kappa shape index (κ1) is 15.0. The molecule has 3 rings (SSSR count). The Kier molecular flexibility index (Phi) is 3.69. The summed E-state index contributed by atoms with van der Waals surface area (Å²) in [7, 11) is -1.29. The van der Waals surface area contributed by atoms with Crippen LogP contribution in [-0.2, 0) is 0 Å². The molecule has 2 aromatic rings. The zero-order chi connectivity index (χ0) is 15.9. The van der Waals surface area contributed by atoms with Crippen LogP contribution in [-0.4, -0.2) is 13.9 Å². The smallest absolute Gasteiger partial charge is 0.170 e. The Bertz CT molecular complexity index is 711. The SMILES string of the molecule is Cc1ccc2c(c1)C(=O)CC(c1ccc([Si](C)(C)C)cc1)O2. The molecule has 0 aliphatic carbocycles. The highest BCUT2D eigenvalue weighted by Crippen LogP contribution is 2.35. The van der Waals surface area contributed by atoms with Gasteiger partial charge in [0.05, 0.1) is 20.1 Å². The van der Waals surface area contributed by atoms with Crippen molar-refractivity contribution >= 4 is 19.0 Å². The standard InChI is InChI=1S/C19H22O2Si/c1-13-5-10-18-16(11-13)17(20)12-19(21-18)14-6-8-15(9-7-14)22(2,3)4/h5-11,19H,12H2,1-4H3. The fourth-order valence-corrected chi connectivity index (χ4v) is 3.99. The number of hydrogen-bond donors (Lipinski definition) is 0. The van der Waals surface area contributed by atoms with Crippen LogP contribution in [0.5, 0.6) is 5.75 Å². The maximum absolute atomic E-state index is 12.4. The summed E-state index contributed by atoms with van der Waals surface area (Å²) >= 11 is 0. The first-order valence-corrected chi connectivity index (χ1v) is 11.3. The molecule has 0 saturated heterocycles. The van der Waals surface area contributed by atoms with Crippen LogP contribution >= 0.6 is 0 Å². The second-order valence-corrected chi connectivity index (χ2v) is 12.2. The quantitative estimate of drug-likeness (QED) is 0.775. The van der Waals surface area contributed by atoms with Crippen LogP contribution in [0.2, 0.25) is 19.6 Å². The largest absolute Gasteiger partial charge is 0.484 e. The number of aryl methyl sites for hydroxylation is 1. The molecule has 114 valence electrons. The van der Waals surface area contributed by atoms with Crippen molar-refractivity contribution in [2.24, 2.45) is 0 Å². The Morgan fingerprint density at radius 1 is 1.05 bits per heavy atom. The van der Waals surface area contributed by atoms with E-state index >= 15 is 0 Å². The molecule has 0 radical (unpaired) electrons. The summed E-state index contributed by atoms with van der Waals surface area (Å²) in [6, 6.07) is 14.4. The van der Waals surface area contributed by atoms with Crippen molar-refractivity contribution in [3.8, 4) is 5.75 Å². The molecule has 0 fully saturated rings. The van der Waals surface area contributed by atoms with Crippen LogP contribution in [0.15, 0.2) is 42.5 Å². The van der Waals surface area contributed by atoms with E-state index in [1.807, 2.05) is 25.1 Å². The van der Waals surface area contributed by atoms with Crippen LogP contribution in [0, 0.1) is 6.92 Å². The van der Waals surface area contributed by atoms with Gasteiger partial charge < -0.3 is 4.74 Å². The molecular formula is C19H22O2Si. The lowest BCUT2D eigenvalue weighted by Crippen LogP contribution is -2.37. The third-order valence-corrected chi connectivity index (χ3v) is 6.29. The van der Waals surface area contributed by atoms with Gasteiger partial charge in [-0.2, -0.15) is 0 Å². The van der Waals surface area contributed by atoms with Crippen LogP contribution in [0.25, 0.3) is 0 Å². The number of benzene rings is 2. The highest BCUT2D eigenvalue weighted by Gasteiger charge is 2.28. The summed E-state index contributed by atoms with van der Waals surface area (Å²) in [4.78, 5) is 12.4. The molecule has 0 aromatic heterocycles. The minimum Gasteiger partial charge on any atom is -0.484 e. The second kappa shape index (κ2) is 5.40. The van der Waals surface area contributed by atoms with E-state index in [1.54, 1.807) is 0 Å². The summed E-state index contributed by atoms with van der Waals surface area (Å²) < 4.78 is 6.06. The third-order valence-electron chi connectivity index (χ3n) is 4.22. The minimum absolute atomic E-state index is 0.168. The normalized spacial score (nSPS) is 17.8. The van der Waals surface area contributed by atoms with Crippen molar-refractivity contribution in [1.82, 2.24) is 0 Å². The predicted molar refractivity (Wildman–Crippen MR) is 92.9 cm³/mol. The number of carbonyl (C=O) groups excluding carboxylic acids is 1. The summed E-state index contributed by atoms with van der Waals surface area (Å²) in [6.07, 6.45) is 0.251. The van der Waals surface area contributed by atoms with Crippen molar-refractivity contribution in [2.45, 2.75) is 39.1 Å². The van der Waals surface area contributed by atoms with Crippen molar-refractivity contribution in [2.75, 3.05) is 0 Å². The number of fused-ring (bicyclic) bond motifs is 1. The van der Waals surface area contributed by atoms with E-state index < -0.39 is 8.07 Å². The zero-order valence-electron chi connectivity index (χ0n) is 13.6. The van der Waals surface area contributed by atoms with E-state index in [-0.39, 0.29) is 11.9 Å². The number of hydrogen-bond acceptors (Lipinski definition) is 2. The van der Waals surface area contributed by atoms with Crippen LogP contribution in [0.4, 0.5) is 0 Å². The molecule has 2 aromatic carbocycles. The van der Waals surface area contributed by atoms with E-state index in [0.717, 1.165) is 16.7 Å². The van der Waals surface area contributed by atoms with Crippen molar-refractivity contribution < 1.29 is 9.53 Å². The predicted octanol–water partition coefficient (Wildman–Crippen LogP) is 4.25. The Labute approximate surface area is 133 Å². The number of rotatable bonds is 2. The molecule has 0 spiro atoms. The van der Waals surface area contributed by atoms with Gasteiger partial charge in [0.25, 0.3) is 0 Å². The molecule has 0 amide bonds. The molecule has 2 nitrogen and oxygen atoms in total. The van der Waals surface area contributed by atoms with Crippen LogP contribution in [0.1, 0.15) is 34.0 Å². The molecular weight excluding hydrogens is 288 g/mol. The van der Waals surface area contributed by atoms with Crippen LogP contribution in [0.3, 0.4) is 0 Å². The molecule has 0 bridgehead atoms. The summed E-state index contributed by atoms with van der Waals surface area (Å²) in [5.74, 6) is 0.880. The number of ketones is 1. The fourth-order valence-electron chi connectivity index (χ4n) is 2.82. The highest BCUT2D eigenvalue weighted by atomic mass is 28.3. The molecule has 0 N–H and O–H groups in total. The van der Waals surface area contributed by atoms with Gasteiger partial charge in [0.15, 0.2) is 5.78 Å². The highest BCUT2D eigenvalue weighted by molar-refractivity contribution is 6.88. The first-order chi connectivity index (χ1) is 10.3. The van der Waals surface area contributed by atoms with Gasteiger partial charge >= 0.3 is 0 Å². The second-order valence-electron chi connectivity index (χ2n) is 7.11. The van der Waals surface area contributed by atoms with E-state index in [2.05, 4.69) is 43.9 Å². The van der Waals surface area contributed by atoms with Crippen LogP contribution < -0.4 is 9.92 Å². The minimum atomic E-state index is -1.29. The topological polar surface area (TPSA) is 26.3 Å². The summed E-state index contributed by atoms with van der Waals surface area (Å²) in [5, 5.41) is 1.43. The van der Waals surface area contributed by atoms with Gasteiger partial charge in [0.1, 0.15) is 11.9 Å². The Balaban J connectivity index is 1.88. The Morgan fingerprint density at radius 2 is 1.73 bits per heavy atom. The summed E-state index contributed by atoms with van der Waals surface area (Å²) in [6.45, 7) is 9.00. The van der Waals surface area contributed by atoms with Gasteiger partial charge in [-0.3, -0.25) is 4.79 Å². The van der Waals surface area contributed by atoms with Gasteiger partial charge in [-0.05, 0) is 24.6 Å². The zero-order valence-corrected chi connectivity index (χ0v) is 14.6. The van der Waals surface area contributed by atoms with Gasteiger partial charge in [-0.15, -0.1) is 0 Å².